The van der Waals surface area contributed by atoms with Crippen LogP contribution < -0.4 is 0 Å². The molecule has 0 radical (unpaired) electrons. The van der Waals surface area contributed by atoms with E-state index in [2.05, 4.69) is 27.8 Å². The lowest BCUT2D eigenvalue weighted by molar-refractivity contribution is 0.105. The molecular weight excluding hydrogens is 280 g/mol. The lowest BCUT2D eigenvalue weighted by Crippen LogP contribution is -1.95. The van der Waals surface area contributed by atoms with Gasteiger partial charge in [0.05, 0.1) is 15.6 Å². The summed E-state index contributed by atoms with van der Waals surface area (Å²) in [6.07, 6.45) is 3.50. The zero-order valence-electron chi connectivity index (χ0n) is 12.3. The zero-order valence-corrected chi connectivity index (χ0v) is 13.1. The molecule has 0 amide bonds. The van der Waals surface area contributed by atoms with Crippen LogP contribution in [-0.4, -0.2) is 15.3 Å². The Morgan fingerprint density at radius 2 is 2.05 bits per heavy atom. The SMILES string of the molecule is Cc1nc(C)c(C(=O)/C=C/c2cc3ccccc3n2C)s1. The van der Waals surface area contributed by atoms with Gasteiger partial charge in [-0.3, -0.25) is 4.79 Å². The number of rotatable bonds is 3. The van der Waals surface area contributed by atoms with Crippen LogP contribution >= 0.6 is 11.3 Å². The minimum Gasteiger partial charge on any atom is -0.344 e. The van der Waals surface area contributed by atoms with E-state index in [4.69, 9.17) is 0 Å². The third-order valence-corrected chi connectivity index (χ3v) is 4.61. The number of hydrogen-bond acceptors (Lipinski definition) is 3. The molecule has 106 valence electrons. The highest BCUT2D eigenvalue weighted by Gasteiger charge is 2.11. The summed E-state index contributed by atoms with van der Waals surface area (Å²) in [4.78, 5) is 17.3. The summed E-state index contributed by atoms with van der Waals surface area (Å²) in [6, 6.07) is 10.3. The Kier molecular flexibility index (Phi) is 3.47. The first-order chi connectivity index (χ1) is 10.1. The van der Waals surface area contributed by atoms with E-state index in [0.717, 1.165) is 26.8 Å². The van der Waals surface area contributed by atoms with Gasteiger partial charge in [0.2, 0.25) is 0 Å². The van der Waals surface area contributed by atoms with Crippen molar-refractivity contribution in [3.63, 3.8) is 0 Å². The topological polar surface area (TPSA) is 34.9 Å². The van der Waals surface area contributed by atoms with Crippen molar-refractivity contribution in [3.05, 3.63) is 57.7 Å². The number of allylic oxidation sites excluding steroid dienone is 1. The van der Waals surface area contributed by atoms with Gasteiger partial charge in [-0.05, 0) is 38.1 Å². The highest BCUT2D eigenvalue weighted by molar-refractivity contribution is 7.13. The van der Waals surface area contributed by atoms with Crippen LogP contribution in [0.1, 0.15) is 26.1 Å². The summed E-state index contributed by atoms with van der Waals surface area (Å²) in [6.45, 7) is 3.80. The van der Waals surface area contributed by atoms with Gasteiger partial charge >= 0.3 is 0 Å². The molecule has 3 nitrogen and oxygen atoms in total. The molecule has 0 N–H and O–H groups in total. The van der Waals surface area contributed by atoms with Crippen molar-refractivity contribution in [1.82, 2.24) is 9.55 Å². The Morgan fingerprint density at radius 3 is 2.71 bits per heavy atom. The number of aryl methyl sites for hydroxylation is 3. The van der Waals surface area contributed by atoms with E-state index in [1.54, 1.807) is 6.08 Å². The molecule has 0 unspecified atom stereocenters. The molecule has 21 heavy (non-hydrogen) atoms. The minimum atomic E-state index is 0.0170. The maximum absolute atomic E-state index is 12.3. The summed E-state index contributed by atoms with van der Waals surface area (Å²) in [5.41, 5.74) is 2.99. The van der Waals surface area contributed by atoms with Crippen molar-refractivity contribution in [1.29, 1.82) is 0 Å². The summed E-state index contributed by atoms with van der Waals surface area (Å²) in [5.74, 6) is 0.0170. The van der Waals surface area contributed by atoms with E-state index in [-0.39, 0.29) is 5.78 Å². The molecule has 0 aliphatic heterocycles. The molecule has 3 aromatic rings. The highest BCUT2D eigenvalue weighted by atomic mass is 32.1. The zero-order chi connectivity index (χ0) is 15.0. The van der Waals surface area contributed by atoms with Crippen LogP contribution in [0.2, 0.25) is 0 Å². The van der Waals surface area contributed by atoms with Gasteiger partial charge in [-0.25, -0.2) is 4.98 Å². The minimum absolute atomic E-state index is 0.0170. The van der Waals surface area contributed by atoms with Gasteiger partial charge in [0, 0.05) is 23.6 Å². The lowest BCUT2D eigenvalue weighted by Gasteiger charge is -1.98. The van der Waals surface area contributed by atoms with Crippen LogP contribution in [0.25, 0.3) is 17.0 Å². The predicted octanol–water partition coefficient (Wildman–Crippen LogP) is 4.15. The van der Waals surface area contributed by atoms with E-state index in [0.29, 0.717) is 0 Å². The number of fused-ring (bicyclic) bond motifs is 1. The Balaban J connectivity index is 1.93. The van der Waals surface area contributed by atoms with Crippen LogP contribution in [0.4, 0.5) is 0 Å². The van der Waals surface area contributed by atoms with Gasteiger partial charge < -0.3 is 4.57 Å². The van der Waals surface area contributed by atoms with Gasteiger partial charge in [0.15, 0.2) is 5.78 Å². The number of ketones is 1. The second-order valence-electron chi connectivity index (χ2n) is 5.03. The molecule has 0 aliphatic carbocycles. The van der Waals surface area contributed by atoms with Crippen molar-refractivity contribution in [2.75, 3.05) is 0 Å². The first-order valence-corrected chi connectivity index (χ1v) is 7.59. The average molecular weight is 296 g/mol. The number of hydrogen-bond donors (Lipinski definition) is 0. The van der Waals surface area contributed by atoms with E-state index in [1.807, 2.05) is 39.1 Å². The van der Waals surface area contributed by atoms with E-state index in [1.165, 1.54) is 16.7 Å². The summed E-state index contributed by atoms with van der Waals surface area (Å²) in [7, 11) is 2.01. The molecule has 0 spiro atoms. The fourth-order valence-corrected chi connectivity index (χ4v) is 3.31. The second-order valence-corrected chi connectivity index (χ2v) is 6.24. The van der Waals surface area contributed by atoms with E-state index in [9.17, 15) is 4.79 Å². The van der Waals surface area contributed by atoms with Crippen molar-refractivity contribution >= 4 is 34.1 Å². The fraction of sp³-hybridized carbons (Fsp3) is 0.176. The largest absolute Gasteiger partial charge is 0.344 e. The molecule has 0 saturated carbocycles. The molecule has 0 aliphatic rings. The quantitative estimate of drug-likeness (QED) is 0.537. The number of carbonyl (C=O) groups is 1. The fourth-order valence-electron chi connectivity index (χ4n) is 2.47. The maximum Gasteiger partial charge on any atom is 0.197 e. The summed E-state index contributed by atoms with van der Waals surface area (Å²) >= 11 is 1.45. The average Bonchev–Trinajstić information content (AvgIpc) is 2.97. The molecule has 0 bridgehead atoms. The van der Waals surface area contributed by atoms with Crippen LogP contribution in [0.3, 0.4) is 0 Å². The molecule has 0 saturated heterocycles. The van der Waals surface area contributed by atoms with Crippen LogP contribution in [0.5, 0.6) is 0 Å². The Labute approximate surface area is 127 Å². The summed E-state index contributed by atoms with van der Waals surface area (Å²) < 4.78 is 2.09. The van der Waals surface area contributed by atoms with Crippen LogP contribution in [0, 0.1) is 13.8 Å². The number of nitrogens with zero attached hydrogens (tertiary/aromatic N) is 2. The van der Waals surface area contributed by atoms with Gasteiger partial charge in [0.1, 0.15) is 0 Å². The van der Waals surface area contributed by atoms with E-state index >= 15 is 0 Å². The van der Waals surface area contributed by atoms with E-state index < -0.39 is 0 Å². The first-order valence-electron chi connectivity index (χ1n) is 6.77. The Morgan fingerprint density at radius 1 is 1.29 bits per heavy atom. The van der Waals surface area contributed by atoms with Gasteiger partial charge in [-0.15, -0.1) is 11.3 Å². The molecule has 0 fully saturated rings. The molecule has 2 aromatic heterocycles. The van der Waals surface area contributed by atoms with Crippen molar-refractivity contribution in [2.24, 2.45) is 7.05 Å². The van der Waals surface area contributed by atoms with Crippen LogP contribution in [0.15, 0.2) is 36.4 Å². The number of benzene rings is 1. The van der Waals surface area contributed by atoms with Crippen molar-refractivity contribution < 1.29 is 4.79 Å². The first kappa shape index (κ1) is 13.8. The van der Waals surface area contributed by atoms with Gasteiger partial charge in [-0.1, -0.05) is 18.2 Å². The van der Waals surface area contributed by atoms with Crippen LogP contribution in [-0.2, 0) is 7.05 Å². The number of aromatic nitrogens is 2. The predicted molar refractivity (Wildman–Crippen MR) is 87.9 cm³/mol. The maximum atomic E-state index is 12.3. The Hall–Kier alpha value is -2.20. The monoisotopic (exact) mass is 296 g/mol. The standard InChI is InChI=1S/C17H16N2OS/c1-11-17(21-12(2)18-11)16(20)9-8-14-10-13-6-4-5-7-15(13)19(14)3/h4-10H,1-3H3/b9-8+. The molecule has 4 heteroatoms. The molecule has 2 heterocycles. The number of thiazole rings is 1. The second kappa shape index (κ2) is 5.30. The third kappa shape index (κ3) is 2.54. The summed E-state index contributed by atoms with van der Waals surface area (Å²) in [5, 5.41) is 2.10. The Bertz CT molecular complexity index is 855. The molecule has 3 rings (SSSR count). The molecule has 0 atom stereocenters. The third-order valence-electron chi connectivity index (χ3n) is 3.52. The smallest absolute Gasteiger partial charge is 0.197 e. The normalized spacial score (nSPS) is 11.6. The van der Waals surface area contributed by atoms with Gasteiger partial charge in [0.25, 0.3) is 0 Å². The molecular formula is C17H16N2OS. The number of para-hydroxylation sites is 1. The van der Waals surface area contributed by atoms with Crippen molar-refractivity contribution in [3.8, 4) is 0 Å². The van der Waals surface area contributed by atoms with Crippen molar-refractivity contribution in [2.45, 2.75) is 13.8 Å². The lowest BCUT2D eigenvalue weighted by atomic mass is 10.2. The highest BCUT2D eigenvalue weighted by Crippen LogP contribution is 2.21. The van der Waals surface area contributed by atoms with Gasteiger partial charge in [-0.2, -0.15) is 0 Å². The molecule has 1 aromatic carbocycles. The number of carbonyl (C=O) groups excluding carboxylic acids is 1.